The number of nitrogens with zero attached hydrogens (tertiary/aromatic N) is 1. The number of rotatable bonds is 3. The van der Waals surface area contributed by atoms with Crippen molar-refractivity contribution >= 4 is 26.8 Å². The van der Waals surface area contributed by atoms with Gasteiger partial charge in [-0.3, -0.25) is 0 Å². The van der Waals surface area contributed by atoms with Crippen molar-refractivity contribution < 1.29 is 10.0 Å². The first-order valence-corrected chi connectivity index (χ1v) is 10.8. The zero-order valence-electron chi connectivity index (χ0n) is 15.7. The van der Waals surface area contributed by atoms with Gasteiger partial charge in [-0.1, -0.05) is 39.7 Å². The SMILES string of the molecule is Cc1ccc2c(c1)c1c3n2CC[NH+](C[C@H](O)c2ccc(Br)cc2)[C@@H]3CCC1. The molecule has 4 heteroatoms. The van der Waals surface area contributed by atoms with E-state index in [4.69, 9.17) is 0 Å². The van der Waals surface area contributed by atoms with Crippen LogP contribution in [0.4, 0.5) is 0 Å². The Morgan fingerprint density at radius 1 is 1.22 bits per heavy atom. The average Bonchev–Trinajstić information content (AvgIpc) is 2.99. The van der Waals surface area contributed by atoms with Crippen LogP contribution in [-0.4, -0.2) is 22.8 Å². The van der Waals surface area contributed by atoms with Crippen molar-refractivity contribution in [3.05, 3.63) is 69.3 Å². The van der Waals surface area contributed by atoms with E-state index < -0.39 is 6.10 Å². The van der Waals surface area contributed by atoms with E-state index >= 15 is 0 Å². The second-order valence-corrected chi connectivity index (χ2v) is 9.08. The maximum atomic E-state index is 10.8. The van der Waals surface area contributed by atoms with E-state index in [1.54, 1.807) is 16.2 Å². The molecule has 0 radical (unpaired) electrons. The number of aryl methyl sites for hydroxylation is 2. The number of hydrogen-bond acceptors (Lipinski definition) is 1. The standard InChI is InChI=1S/C23H25BrN2O/c1-15-5-10-20-19(13-15)18-3-2-4-21-23(18)26(20)12-11-25(21)14-22(27)16-6-8-17(24)9-7-16/h5-10,13,21-22,27H,2-4,11-12,14H2,1H3/p+1/t21-,22+/m1/s1. The van der Waals surface area contributed by atoms with Gasteiger partial charge in [0.25, 0.3) is 0 Å². The number of aromatic nitrogens is 1. The van der Waals surface area contributed by atoms with Crippen LogP contribution >= 0.6 is 15.9 Å². The zero-order valence-corrected chi connectivity index (χ0v) is 17.3. The number of quaternary nitrogens is 1. The van der Waals surface area contributed by atoms with Crippen LogP contribution in [0.5, 0.6) is 0 Å². The second kappa shape index (κ2) is 6.77. The van der Waals surface area contributed by atoms with Crippen LogP contribution in [0.25, 0.3) is 10.9 Å². The van der Waals surface area contributed by atoms with Crippen molar-refractivity contribution in [1.29, 1.82) is 0 Å². The Hall–Kier alpha value is -1.62. The topological polar surface area (TPSA) is 29.6 Å². The summed E-state index contributed by atoms with van der Waals surface area (Å²) in [6, 6.07) is 15.5. The molecular weight excluding hydrogens is 400 g/mol. The molecule has 0 saturated carbocycles. The maximum Gasteiger partial charge on any atom is 0.129 e. The molecule has 140 valence electrons. The summed E-state index contributed by atoms with van der Waals surface area (Å²) in [5.74, 6) is 0. The number of fused-ring (bicyclic) bond motifs is 3. The summed E-state index contributed by atoms with van der Waals surface area (Å²) in [5, 5.41) is 12.3. The fourth-order valence-electron chi connectivity index (χ4n) is 5.20. The third-order valence-corrected chi connectivity index (χ3v) is 7.01. The van der Waals surface area contributed by atoms with Gasteiger partial charge in [0.2, 0.25) is 0 Å². The van der Waals surface area contributed by atoms with Gasteiger partial charge >= 0.3 is 0 Å². The molecule has 1 aliphatic heterocycles. The van der Waals surface area contributed by atoms with E-state index in [0.29, 0.717) is 6.04 Å². The van der Waals surface area contributed by atoms with Crippen LogP contribution < -0.4 is 4.90 Å². The number of benzene rings is 2. The molecule has 0 saturated heterocycles. The van der Waals surface area contributed by atoms with Gasteiger partial charge in [-0.15, -0.1) is 0 Å². The molecule has 0 spiro atoms. The van der Waals surface area contributed by atoms with Gasteiger partial charge in [-0.2, -0.15) is 0 Å². The molecule has 1 aliphatic carbocycles. The third-order valence-electron chi connectivity index (χ3n) is 6.48. The van der Waals surface area contributed by atoms with Crippen molar-refractivity contribution in [3.8, 4) is 0 Å². The van der Waals surface area contributed by atoms with Crippen molar-refractivity contribution in [2.75, 3.05) is 13.1 Å². The van der Waals surface area contributed by atoms with E-state index in [9.17, 15) is 5.11 Å². The van der Waals surface area contributed by atoms with Crippen molar-refractivity contribution in [3.63, 3.8) is 0 Å². The Labute approximate surface area is 168 Å². The quantitative estimate of drug-likeness (QED) is 0.657. The van der Waals surface area contributed by atoms with Gasteiger partial charge in [-0.05, 0) is 55.2 Å². The van der Waals surface area contributed by atoms with Gasteiger partial charge < -0.3 is 14.6 Å². The Morgan fingerprint density at radius 2 is 2.04 bits per heavy atom. The lowest BCUT2D eigenvalue weighted by atomic mass is 9.89. The van der Waals surface area contributed by atoms with Crippen molar-refractivity contribution in [1.82, 2.24) is 4.57 Å². The van der Waals surface area contributed by atoms with Gasteiger partial charge in [0.1, 0.15) is 18.7 Å². The van der Waals surface area contributed by atoms with Gasteiger partial charge in [-0.25, -0.2) is 0 Å². The molecule has 5 rings (SSSR count). The molecule has 2 heterocycles. The molecule has 2 aromatic carbocycles. The first-order chi connectivity index (χ1) is 13.1. The number of aliphatic hydroxyl groups is 1. The normalized spacial score (nSPS) is 22.6. The molecule has 27 heavy (non-hydrogen) atoms. The first-order valence-electron chi connectivity index (χ1n) is 10.0. The average molecular weight is 426 g/mol. The summed E-state index contributed by atoms with van der Waals surface area (Å²) in [5.41, 5.74) is 6.89. The lowest BCUT2D eigenvalue weighted by Gasteiger charge is -2.38. The molecule has 3 aromatic rings. The summed E-state index contributed by atoms with van der Waals surface area (Å²) in [6.07, 6.45) is 3.27. The highest BCUT2D eigenvalue weighted by atomic mass is 79.9. The highest BCUT2D eigenvalue weighted by Crippen LogP contribution is 2.37. The van der Waals surface area contributed by atoms with Crippen molar-refractivity contribution in [2.45, 2.75) is 44.9 Å². The minimum Gasteiger partial charge on any atom is -0.382 e. The first kappa shape index (κ1) is 17.5. The van der Waals surface area contributed by atoms with E-state index in [-0.39, 0.29) is 0 Å². The van der Waals surface area contributed by atoms with Gasteiger partial charge in [0, 0.05) is 21.8 Å². The molecule has 0 fully saturated rings. The van der Waals surface area contributed by atoms with E-state index in [1.165, 1.54) is 35.7 Å². The van der Waals surface area contributed by atoms with Crippen LogP contribution in [-0.2, 0) is 13.0 Å². The molecule has 1 aromatic heterocycles. The Bertz CT molecular complexity index is 992. The largest absolute Gasteiger partial charge is 0.382 e. The highest BCUT2D eigenvalue weighted by Gasteiger charge is 2.38. The minimum atomic E-state index is -0.406. The molecule has 3 atom stereocenters. The van der Waals surface area contributed by atoms with Gasteiger partial charge in [0.05, 0.1) is 18.8 Å². The van der Waals surface area contributed by atoms with Crippen LogP contribution in [0.1, 0.15) is 47.4 Å². The van der Waals surface area contributed by atoms with Crippen LogP contribution in [0.3, 0.4) is 0 Å². The molecule has 2 N–H and O–H groups in total. The molecule has 0 amide bonds. The molecular formula is C23H26BrN2O+. The predicted octanol–water partition coefficient (Wildman–Crippen LogP) is 3.72. The van der Waals surface area contributed by atoms with E-state index in [1.807, 2.05) is 24.3 Å². The molecule has 1 unspecified atom stereocenters. The minimum absolute atomic E-state index is 0.406. The summed E-state index contributed by atoms with van der Waals surface area (Å²) in [7, 11) is 0. The maximum absolute atomic E-state index is 10.8. The fraction of sp³-hybridized carbons (Fsp3) is 0.391. The Balaban J connectivity index is 1.49. The summed E-state index contributed by atoms with van der Waals surface area (Å²) in [4.78, 5) is 1.54. The molecule has 0 bridgehead atoms. The third kappa shape index (κ3) is 2.95. The number of nitrogens with one attached hydrogen (secondary N) is 1. The predicted molar refractivity (Wildman–Crippen MR) is 112 cm³/mol. The second-order valence-electron chi connectivity index (χ2n) is 8.16. The highest BCUT2D eigenvalue weighted by molar-refractivity contribution is 9.10. The number of hydrogen-bond donors (Lipinski definition) is 2. The van der Waals surface area contributed by atoms with Gasteiger partial charge in [0.15, 0.2) is 0 Å². The van der Waals surface area contributed by atoms with Crippen LogP contribution in [0.15, 0.2) is 46.9 Å². The van der Waals surface area contributed by atoms with Crippen LogP contribution in [0.2, 0.25) is 0 Å². The summed E-state index contributed by atoms with van der Waals surface area (Å²) in [6.45, 7) is 5.11. The lowest BCUT2D eigenvalue weighted by molar-refractivity contribution is -0.940. The summed E-state index contributed by atoms with van der Waals surface area (Å²) >= 11 is 3.48. The van der Waals surface area contributed by atoms with Crippen molar-refractivity contribution in [2.24, 2.45) is 0 Å². The van der Waals surface area contributed by atoms with E-state index in [0.717, 1.165) is 29.7 Å². The molecule has 3 nitrogen and oxygen atoms in total. The zero-order chi connectivity index (χ0) is 18.5. The van der Waals surface area contributed by atoms with E-state index in [2.05, 4.69) is 45.6 Å². The summed E-state index contributed by atoms with van der Waals surface area (Å²) < 4.78 is 3.63. The monoisotopic (exact) mass is 425 g/mol. The number of halogens is 1. The van der Waals surface area contributed by atoms with Crippen LogP contribution in [0, 0.1) is 6.92 Å². The molecule has 2 aliphatic rings. The Morgan fingerprint density at radius 3 is 2.85 bits per heavy atom. The Kier molecular flexibility index (Phi) is 4.38. The smallest absolute Gasteiger partial charge is 0.129 e. The number of aliphatic hydroxyl groups excluding tert-OH is 1. The fourth-order valence-corrected chi connectivity index (χ4v) is 5.47. The lowest BCUT2D eigenvalue weighted by Crippen LogP contribution is -3.14.